The Balaban J connectivity index is 2.19. The lowest BCUT2D eigenvalue weighted by Crippen LogP contribution is -2.25. The van der Waals surface area contributed by atoms with Gasteiger partial charge in [0.15, 0.2) is 0 Å². The van der Waals surface area contributed by atoms with Crippen LogP contribution in [0.3, 0.4) is 0 Å². The first-order valence-electron chi connectivity index (χ1n) is 8.17. The Kier molecular flexibility index (Phi) is 8.55. The van der Waals surface area contributed by atoms with Crippen LogP contribution in [0, 0.1) is 11.7 Å². The van der Waals surface area contributed by atoms with E-state index in [0.717, 1.165) is 31.1 Å². The predicted octanol–water partition coefficient (Wildman–Crippen LogP) is 4.23. The SMILES string of the molecule is CC(C)CNCCCCCN(C)C(C)c1ccccc1F. The van der Waals surface area contributed by atoms with Crippen molar-refractivity contribution in [2.24, 2.45) is 5.92 Å². The molecule has 0 aromatic heterocycles. The Morgan fingerprint density at radius 3 is 2.48 bits per heavy atom. The second-order valence-electron chi connectivity index (χ2n) is 6.34. The number of benzene rings is 1. The van der Waals surface area contributed by atoms with Crippen LogP contribution in [0.15, 0.2) is 24.3 Å². The Morgan fingerprint density at radius 1 is 1.10 bits per heavy atom. The summed E-state index contributed by atoms with van der Waals surface area (Å²) >= 11 is 0. The highest BCUT2D eigenvalue weighted by Crippen LogP contribution is 2.21. The van der Waals surface area contributed by atoms with Gasteiger partial charge in [0.2, 0.25) is 0 Å². The Bertz CT molecular complexity index is 393. The summed E-state index contributed by atoms with van der Waals surface area (Å²) < 4.78 is 13.8. The molecule has 0 saturated heterocycles. The fraction of sp³-hybridized carbons (Fsp3) is 0.667. The maximum absolute atomic E-state index is 13.8. The van der Waals surface area contributed by atoms with Crippen molar-refractivity contribution in [1.82, 2.24) is 10.2 Å². The molecule has 0 aliphatic carbocycles. The number of rotatable bonds is 10. The minimum Gasteiger partial charge on any atom is -0.316 e. The van der Waals surface area contributed by atoms with E-state index < -0.39 is 0 Å². The van der Waals surface area contributed by atoms with Gasteiger partial charge >= 0.3 is 0 Å². The topological polar surface area (TPSA) is 15.3 Å². The second-order valence-corrected chi connectivity index (χ2v) is 6.34. The third-order valence-corrected chi connectivity index (χ3v) is 3.93. The zero-order valence-corrected chi connectivity index (χ0v) is 14.0. The van der Waals surface area contributed by atoms with E-state index in [9.17, 15) is 4.39 Å². The fourth-order valence-electron chi connectivity index (χ4n) is 2.42. The van der Waals surface area contributed by atoms with Crippen LogP contribution < -0.4 is 5.32 Å². The maximum Gasteiger partial charge on any atom is 0.127 e. The minimum atomic E-state index is -0.102. The van der Waals surface area contributed by atoms with E-state index in [1.165, 1.54) is 19.3 Å². The first-order chi connectivity index (χ1) is 10.0. The van der Waals surface area contributed by atoms with Gasteiger partial charge in [0.1, 0.15) is 5.82 Å². The number of nitrogens with zero attached hydrogens (tertiary/aromatic N) is 1. The van der Waals surface area contributed by atoms with Crippen LogP contribution in [0.25, 0.3) is 0 Å². The van der Waals surface area contributed by atoms with E-state index in [-0.39, 0.29) is 11.9 Å². The Labute approximate surface area is 129 Å². The third-order valence-electron chi connectivity index (χ3n) is 3.93. The van der Waals surface area contributed by atoms with E-state index in [1.54, 1.807) is 12.1 Å². The molecule has 2 nitrogen and oxygen atoms in total. The van der Waals surface area contributed by atoms with Gasteiger partial charge in [-0.15, -0.1) is 0 Å². The summed E-state index contributed by atoms with van der Waals surface area (Å²) in [5.74, 6) is 0.618. The molecule has 21 heavy (non-hydrogen) atoms. The van der Waals surface area contributed by atoms with Gasteiger partial charge in [0, 0.05) is 11.6 Å². The van der Waals surface area contributed by atoms with Crippen LogP contribution in [-0.4, -0.2) is 31.6 Å². The number of halogens is 1. The van der Waals surface area contributed by atoms with Crippen molar-refractivity contribution in [3.05, 3.63) is 35.6 Å². The molecule has 0 aliphatic heterocycles. The van der Waals surface area contributed by atoms with Crippen molar-refractivity contribution in [2.45, 2.75) is 46.1 Å². The molecule has 0 bridgehead atoms. The number of unbranched alkanes of at least 4 members (excludes halogenated alkanes) is 2. The molecule has 1 aromatic rings. The van der Waals surface area contributed by atoms with Crippen LogP contribution in [0.5, 0.6) is 0 Å². The van der Waals surface area contributed by atoms with Gasteiger partial charge in [-0.1, -0.05) is 38.5 Å². The standard InChI is InChI=1S/C18H31FN2/c1-15(2)14-20-12-8-5-9-13-21(4)16(3)17-10-6-7-11-18(17)19/h6-7,10-11,15-16,20H,5,8-9,12-14H2,1-4H3. The van der Waals surface area contributed by atoms with Gasteiger partial charge < -0.3 is 5.32 Å². The van der Waals surface area contributed by atoms with Gasteiger partial charge in [-0.25, -0.2) is 4.39 Å². The van der Waals surface area contributed by atoms with Gasteiger partial charge in [0.25, 0.3) is 0 Å². The summed E-state index contributed by atoms with van der Waals surface area (Å²) in [6, 6.07) is 7.20. The highest BCUT2D eigenvalue weighted by Gasteiger charge is 2.14. The first kappa shape index (κ1) is 18.1. The Hall–Kier alpha value is -0.930. The van der Waals surface area contributed by atoms with Crippen LogP contribution in [-0.2, 0) is 0 Å². The summed E-state index contributed by atoms with van der Waals surface area (Å²) in [5, 5.41) is 3.47. The third kappa shape index (κ3) is 7.05. The van der Waals surface area contributed by atoms with E-state index in [2.05, 4.69) is 38.0 Å². The van der Waals surface area contributed by atoms with E-state index in [4.69, 9.17) is 0 Å². The van der Waals surface area contributed by atoms with Gasteiger partial charge in [-0.2, -0.15) is 0 Å². The van der Waals surface area contributed by atoms with E-state index in [0.29, 0.717) is 0 Å². The normalized spacial score (nSPS) is 13.1. The summed E-state index contributed by atoms with van der Waals surface area (Å²) in [5.41, 5.74) is 0.790. The monoisotopic (exact) mass is 294 g/mol. The summed E-state index contributed by atoms with van der Waals surface area (Å²) in [6.45, 7) is 9.75. The zero-order valence-electron chi connectivity index (χ0n) is 14.0. The molecule has 3 heteroatoms. The number of nitrogens with one attached hydrogen (secondary N) is 1. The molecule has 0 heterocycles. The van der Waals surface area contributed by atoms with Crippen molar-refractivity contribution in [3.8, 4) is 0 Å². The average molecular weight is 294 g/mol. The molecule has 120 valence electrons. The van der Waals surface area contributed by atoms with Gasteiger partial charge in [-0.3, -0.25) is 4.90 Å². The van der Waals surface area contributed by atoms with Crippen LogP contribution in [0.1, 0.15) is 51.6 Å². The second kappa shape index (κ2) is 9.91. The van der Waals surface area contributed by atoms with Crippen LogP contribution in [0.4, 0.5) is 4.39 Å². The van der Waals surface area contributed by atoms with Crippen molar-refractivity contribution in [3.63, 3.8) is 0 Å². The molecule has 0 aliphatic rings. The van der Waals surface area contributed by atoms with Crippen molar-refractivity contribution >= 4 is 0 Å². The number of hydrogen-bond acceptors (Lipinski definition) is 2. The summed E-state index contributed by atoms with van der Waals surface area (Å²) in [6.07, 6.45) is 3.60. The highest BCUT2D eigenvalue weighted by molar-refractivity contribution is 5.20. The molecule has 0 radical (unpaired) electrons. The lowest BCUT2D eigenvalue weighted by Gasteiger charge is -2.25. The largest absolute Gasteiger partial charge is 0.316 e. The zero-order chi connectivity index (χ0) is 15.7. The molecule has 1 atom stereocenters. The molecular weight excluding hydrogens is 263 g/mol. The van der Waals surface area contributed by atoms with Gasteiger partial charge in [0.05, 0.1) is 0 Å². The van der Waals surface area contributed by atoms with E-state index >= 15 is 0 Å². The van der Waals surface area contributed by atoms with Gasteiger partial charge in [-0.05, 0) is 58.4 Å². The molecular formula is C18H31FN2. The van der Waals surface area contributed by atoms with E-state index in [1.807, 2.05) is 12.1 Å². The molecule has 1 unspecified atom stereocenters. The van der Waals surface area contributed by atoms with Crippen molar-refractivity contribution in [2.75, 3.05) is 26.7 Å². The lowest BCUT2D eigenvalue weighted by atomic mass is 10.1. The van der Waals surface area contributed by atoms with Crippen molar-refractivity contribution < 1.29 is 4.39 Å². The highest BCUT2D eigenvalue weighted by atomic mass is 19.1. The van der Waals surface area contributed by atoms with Crippen molar-refractivity contribution in [1.29, 1.82) is 0 Å². The molecule has 0 fully saturated rings. The molecule has 0 spiro atoms. The smallest absolute Gasteiger partial charge is 0.127 e. The summed E-state index contributed by atoms with van der Waals surface area (Å²) in [7, 11) is 2.08. The predicted molar refractivity (Wildman–Crippen MR) is 89.0 cm³/mol. The molecule has 1 rings (SSSR count). The fourth-order valence-corrected chi connectivity index (χ4v) is 2.42. The average Bonchev–Trinajstić information content (AvgIpc) is 2.45. The van der Waals surface area contributed by atoms with Crippen LogP contribution in [0.2, 0.25) is 0 Å². The Morgan fingerprint density at radius 2 is 1.81 bits per heavy atom. The lowest BCUT2D eigenvalue weighted by molar-refractivity contribution is 0.250. The molecule has 0 saturated carbocycles. The van der Waals surface area contributed by atoms with Crippen LogP contribution >= 0.6 is 0 Å². The molecule has 1 N–H and O–H groups in total. The first-order valence-corrected chi connectivity index (χ1v) is 8.17. The molecule has 1 aromatic carbocycles. The minimum absolute atomic E-state index is 0.102. The quantitative estimate of drug-likeness (QED) is 0.650. The number of hydrogen-bond donors (Lipinski definition) is 1. The summed E-state index contributed by atoms with van der Waals surface area (Å²) in [4.78, 5) is 2.24. The maximum atomic E-state index is 13.8. The molecule has 0 amide bonds.